The molecule has 21 heavy (non-hydrogen) atoms. The first kappa shape index (κ1) is 20.4. The van der Waals surface area contributed by atoms with Crippen LogP contribution in [0.25, 0.3) is 0 Å². The summed E-state index contributed by atoms with van der Waals surface area (Å²) in [5, 5.41) is 3.53. The fourth-order valence-electron chi connectivity index (χ4n) is 3.05. The number of esters is 1. The van der Waals surface area contributed by atoms with E-state index in [9.17, 15) is 4.79 Å². The van der Waals surface area contributed by atoms with E-state index in [1.165, 1.54) is 7.11 Å². The monoisotopic (exact) mass is 300 g/mol. The molecule has 0 bridgehead atoms. The SMILES string of the molecule is CCN(CC)CCNC(CC(C)C)(CC(C)C)C(=O)OC. The molecule has 0 saturated carbocycles. The molecule has 1 N–H and O–H groups in total. The Hall–Kier alpha value is -0.610. The lowest BCUT2D eigenvalue weighted by Gasteiger charge is -2.36. The van der Waals surface area contributed by atoms with Crippen molar-refractivity contribution in [2.45, 2.75) is 59.9 Å². The third kappa shape index (κ3) is 7.28. The number of carbonyl (C=O) groups is 1. The van der Waals surface area contributed by atoms with Crippen molar-refractivity contribution in [3.05, 3.63) is 0 Å². The number of ether oxygens (including phenoxy) is 1. The van der Waals surface area contributed by atoms with E-state index < -0.39 is 5.54 Å². The maximum absolute atomic E-state index is 12.4. The minimum absolute atomic E-state index is 0.121. The number of hydrogen-bond acceptors (Lipinski definition) is 4. The fraction of sp³-hybridized carbons (Fsp3) is 0.941. The topological polar surface area (TPSA) is 41.6 Å². The second-order valence-corrected chi connectivity index (χ2v) is 6.72. The number of hydrogen-bond donors (Lipinski definition) is 1. The van der Waals surface area contributed by atoms with Gasteiger partial charge in [0.05, 0.1) is 7.11 Å². The van der Waals surface area contributed by atoms with Gasteiger partial charge in [0.25, 0.3) is 0 Å². The molecular weight excluding hydrogens is 264 g/mol. The summed E-state index contributed by atoms with van der Waals surface area (Å²) in [5.41, 5.74) is -0.551. The average molecular weight is 300 g/mol. The molecule has 0 aromatic carbocycles. The molecule has 4 nitrogen and oxygen atoms in total. The van der Waals surface area contributed by atoms with E-state index in [1.54, 1.807) is 0 Å². The number of methoxy groups -OCH3 is 1. The second kappa shape index (κ2) is 10.2. The van der Waals surface area contributed by atoms with Gasteiger partial charge in [-0.15, -0.1) is 0 Å². The van der Waals surface area contributed by atoms with Crippen molar-refractivity contribution in [2.75, 3.05) is 33.3 Å². The molecule has 126 valence electrons. The van der Waals surface area contributed by atoms with Crippen LogP contribution in [0.2, 0.25) is 0 Å². The minimum atomic E-state index is -0.551. The zero-order valence-corrected chi connectivity index (χ0v) is 15.2. The van der Waals surface area contributed by atoms with Crippen molar-refractivity contribution < 1.29 is 9.53 Å². The minimum Gasteiger partial charge on any atom is -0.468 e. The first-order chi connectivity index (χ1) is 9.81. The molecule has 0 spiro atoms. The van der Waals surface area contributed by atoms with Crippen LogP contribution >= 0.6 is 0 Å². The quantitative estimate of drug-likeness (QED) is 0.596. The summed E-state index contributed by atoms with van der Waals surface area (Å²) in [5.74, 6) is 0.775. The molecule has 0 unspecified atom stereocenters. The van der Waals surface area contributed by atoms with Crippen molar-refractivity contribution in [2.24, 2.45) is 11.8 Å². The molecule has 0 saturated heterocycles. The Morgan fingerprint density at radius 3 is 1.90 bits per heavy atom. The van der Waals surface area contributed by atoms with Crippen LogP contribution in [-0.2, 0) is 9.53 Å². The Morgan fingerprint density at radius 2 is 1.57 bits per heavy atom. The predicted octanol–water partition coefficient (Wildman–Crippen LogP) is 2.92. The van der Waals surface area contributed by atoms with Crippen LogP contribution in [0.5, 0.6) is 0 Å². The van der Waals surface area contributed by atoms with Gasteiger partial charge in [-0.3, -0.25) is 4.79 Å². The molecule has 0 aliphatic heterocycles. The fourth-order valence-corrected chi connectivity index (χ4v) is 3.05. The van der Waals surface area contributed by atoms with Gasteiger partial charge in [0.15, 0.2) is 0 Å². The molecule has 0 rings (SSSR count). The van der Waals surface area contributed by atoms with Crippen molar-refractivity contribution in [3.8, 4) is 0 Å². The van der Waals surface area contributed by atoms with Crippen LogP contribution in [0.15, 0.2) is 0 Å². The van der Waals surface area contributed by atoms with Gasteiger partial charge in [-0.25, -0.2) is 0 Å². The summed E-state index contributed by atoms with van der Waals surface area (Å²) >= 11 is 0. The molecular formula is C17H36N2O2. The number of carbonyl (C=O) groups excluding carboxylic acids is 1. The number of nitrogens with zero attached hydrogens (tertiary/aromatic N) is 1. The Morgan fingerprint density at radius 1 is 1.10 bits per heavy atom. The van der Waals surface area contributed by atoms with Crippen LogP contribution in [-0.4, -0.2) is 49.7 Å². The molecule has 4 heteroatoms. The van der Waals surface area contributed by atoms with E-state index in [4.69, 9.17) is 4.74 Å². The van der Waals surface area contributed by atoms with E-state index in [1.807, 2.05) is 0 Å². The van der Waals surface area contributed by atoms with Crippen molar-refractivity contribution in [3.63, 3.8) is 0 Å². The Labute approximate surface area is 131 Å². The lowest BCUT2D eigenvalue weighted by Crippen LogP contribution is -2.56. The van der Waals surface area contributed by atoms with Gasteiger partial charge in [-0.1, -0.05) is 41.5 Å². The normalized spacial score (nSPS) is 12.5. The predicted molar refractivity (Wildman–Crippen MR) is 89.4 cm³/mol. The first-order valence-corrected chi connectivity index (χ1v) is 8.37. The van der Waals surface area contributed by atoms with Gasteiger partial charge in [-0.05, 0) is 37.8 Å². The lowest BCUT2D eigenvalue weighted by molar-refractivity contribution is -0.150. The molecule has 0 aromatic heterocycles. The molecule has 0 heterocycles. The van der Waals surface area contributed by atoms with Crippen molar-refractivity contribution >= 4 is 5.97 Å². The number of rotatable bonds is 11. The van der Waals surface area contributed by atoms with E-state index in [0.717, 1.165) is 39.0 Å². The molecule has 0 aliphatic carbocycles. The Kier molecular flexibility index (Phi) is 9.88. The highest BCUT2D eigenvalue weighted by Gasteiger charge is 2.40. The number of nitrogens with one attached hydrogen (secondary N) is 1. The zero-order valence-electron chi connectivity index (χ0n) is 15.2. The van der Waals surface area contributed by atoms with Gasteiger partial charge in [0.1, 0.15) is 5.54 Å². The highest BCUT2D eigenvalue weighted by atomic mass is 16.5. The summed E-state index contributed by atoms with van der Waals surface area (Å²) in [6.45, 7) is 16.8. The second-order valence-electron chi connectivity index (χ2n) is 6.72. The summed E-state index contributed by atoms with van der Waals surface area (Å²) < 4.78 is 5.11. The average Bonchev–Trinajstić information content (AvgIpc) is 2.41. The number of likely N-dealkylation sites (N-methyl/N-ethyl adjacent to an activating group) is 1. The molecule has 0 aliphatic rings. The molecule has 0 fully saturated rings. The van der Waals surface area contributed by atoms with Gasteiger partial charge in [0.2, 0.25) is 0 Å². The van der Waals surface area contributed by atoms with Gasteiger partial charge >= 0.3 is 5.97 Å². The summed E-state index contributed by atoms with van der Waals surface area (Å²) in [6.07, 6.45) is 1.63. The van der Waals surface area contributed by atoms with Crippen molar-refractivity contribution in [1.29, 1.82) is 0 Å². The molecule has 0 amide bonds. The van der Waals surface area contributed by atoms with Crippen LogP contribution in [0.3, 0.4) is 0 Å². The maximum Gasteiger partial charge on any atom is 0.326 e. The summed E-state index contributed by atoms with van der Waals surface area (Å²) in [6, 6.07) is 0. The molecule has 0 aromatic rings. The Balaban J connectivity index is 4.93. The highest BCUT2D eigenvalue weighted by molar-refractivity contribution is 5.80. The van der Waals surface area contributed by atoms with Crippen LogP contribution in [0.4, 0.5) is 0 Å². The Bertz CT molecular complexity index is 277. The standard InChI is InChI=1S/C17H36N2O2/c1-8-19(9-2)11-10-18-17(12-14(3)4,13-15(5)6)16(20)21-7/h14-15,18H,8-13H2,1-7H3. The molecule has 0 atom stereocenters. The smallest absolute Gasteiger partial charge is 0.326 e. The van der Waals surface area contributed by atoms with Crippen LogP contribution in [0.1, 0.15) is 54.4 Å². The van der Waals surface area contributed by atoms with E-state index >= 15 is 0 Å². The van der Waals surface area contributed by atoms with Crippen LogP contribution in [0, 0.1) is 11.8 Å². The maximum atomic E-state index is 12.4. The highest BCUT2D eigenvalue weighted by Crippen LogP contribution is 2.26. The van der Waals surface area contributed by atoms with Gasteiger partial charge in [0, 0.05) is 13.1 Å². The zero-order chi connectivity index (χ0) is 16.5. The van der Waals surface area contributed by atoms with Crippen LogP contribution < -0.4 is 5.32 Å². The van der Waals surface area contributed by atoms with E-state index in [-0.39, 0.29) is 5.97 Å². The lowest BCUT2D eigenvalue weighted by atomic mass is 9.81. The van der Waals surface area contributed by atoms with E-state index in [2.05, 4.69) is 51.8 Å². The third-order valence-electron chi connectivity index (χ3n) is 3.88. The van der Waals surface area contributed by atoms with Gasteiger partial charge < -0.3 is 15.0 Å². The molecule has 0 radical (unpaired) electrons. The largest absolute Gasteiger partial charge is 0.468 e. The van der Waals surface area contributed by atoms with Gasteiger partial charge in [-0.2, -0.15) is 0 Å². The summed E-state index contributed by atoms with van der Waals surface area (Å²) in [7, 11) is 1.49. The first-order valence-electron chi connectivity index (χ1n) is 8.37. The third-order valence-corrected chi connectivity index (χ3v) is 3.88. The van der Waals surface area contributed by atoms with E-state index in [0.29, 0.717) is 11.8 Å². The van der Waals surface area contributed by atoms with Crippen molar-refractivity contribution in [1.82, 2.24) is 10.2 Å². The summed E-state index contributed by atoms with van der Waals surface area (Å²) in [4.78, 5) is 14.8.